The van der Waals surface area contributed by atoms with Crippen LogP contribution in [0.25, 0.3) is 0 Å². The quantitative estimate of drug-likeness (QED) is 0.720. The molecule has 0 aliphatic rings. The van der Waals surface area contributed by atoms with Gasteiger partial charge in [-0.1, -0.05) is 0 Å². The Morgan fingerprint density at radius 1 is 1.53 bits per heavy atom. The van der Waals surface area contributed by atoms with Crippen LogP contribution in [0.5, 0.6) is 0 Å². The number of alkyl halides is 2. The fourth-order valence-electron chi connectivity index (χ4n) is 0.986. The van der Waals surface area contributed by atoms with Gasteiger partial charge in [0, 0.05) is 0 Å². The number of nitrogen functional groups attached to an aromatic ring is 2. The minimum atomic E-state index is -2.82. The summed E-state index contributed by atoms with van der Waals surface area (Å²) in [6, 6.07) is 0.863. The highest BCUT2D eigenvalue weighted by molar-refractivity contribution is 5.97. The average molecular weight is 217 g/mol. The third-order valence-electron chi connectivity index (χ3n) is 1.74. The summed E-state index contributed by atoms with van der Waals surface area (Å²) < 4.78 is 29.0. The number of aromatic nitrogens is 1. The van der Waals surface area contributed by atoms with Crippen molar-refractivity contribution in [3.05, 3.63) is 17.3 Å². The van der Waals surface area contributed by atoms with Gasteiger partial charge in [-0.05, 0) is 6.07 Å². The highest BCUT2D eigenvalue weighted by atomic mass is 19.3. The van der Waals surface area contributed by atoms with E-state index in [-0.39, 0.29) is 17.1 Å². The smallest absolute Gasteiger partial charge is 0.340 e. The molecule has 1 rings (SSSR count). The number of nitrogens with zero attached hydrogens (tertiary/aromatic N) is 1. The molecule has 0 aliphatic carbocycles. The van der Waals surface area contributed by atoms with Gasteiger partial charge in [-0.25, -0.2) is 18.6 Å². The summed E-state index contributed by atoms with van der Waals surface area (Å²) in [4.78, 5) is 14.5. The number of esters is 1. The zero-order valence-corrected chi connectivity index (χ0v) is 7.83. The minimum Gasteiger partial charge on any atom is -0.465 e. The number of hydrogen-bond acceptors (Lipinski definition) is 5. The molecule has 0 saturated heterocycles. The lowest BCUT2D eigenvalue weighted by Gasteiger charge is -2.08. The third-order valence-corrected chi connectivity index (χ3v) is 1.74. The Kier molecular flexibility index (Phi) is 3.03. The van der Waals surface area contributed by atoms with Gasteiger partial charge in [0.1, 0.15) is 11.5 Å². The molecule has 0 amide bonds. The molecule has 0 spiro atoms. The Hall–Kier alpha value is -1.92. The Balaban J connectivity index is 3.31. The zero-order chi connectivity index (χ0) is 11.6. The maximum atomic E-state index is 12.3. The first kappa shape index (κ1) is 11.2. The first-order valence-corrected chi connectivity index (χ1v) is 3.89. The Morgan fingerprint density at radius 2 is 2.13 bits per heavy atom. The van der Waals surface area contributed by atoms with Gasteiger partial charge < -0.3 is 16.2 Å². The highest BCUT2D eigenvalue weighted by Crippen LogP contribution is 2.25. The zero-order valence-electron chi connectivity index (χ0n) is 7.83. The van der Waals surface area contributed by atoms with Gasteiger partial charge in [0.2, 0.25) is 0 Å². The number of halogens is 2. The summed E-state index contributed by atoms with van der Waals surface area (Å²) in [5.41, 5.74) is 9.69. The first-order chi connectivity index (χ1) is 6.97. The number of methoxy groups -OCH3 is 1. The molecule has 7 heteroatoms. The van der Waals surface area contributed by atoms with E-state index in [0.29, 0.717) is 0 Å². The van der Waals surface area contributed by atoms with Crippen molar-refractivity contribution in [2.45, 2.75) is 6.43 Å². The van der Waals surface area contributed by atoms with Crippen molar-refractivity contribution in [2.75, 3.05) is 18.6 Å². The van der Waals surface area contributed by atoms with Crippen LogP contribution in [0.3, 0.4) is 0 Å². The lowest BCUT2D eigenvalue weighted by molar-refractivity contribution is 0.0601. The van der Waals surface area contributed by atoms with Crippen LogP contribution in [-0.2, 0) is 4.74 Å². The second kappa shape index (κ2) is 4.07. The van der Waals surface area contributed by atoms with Crippen LogP contribution in [0.1, 0.15) is 22.5 Å². The summed E-state index contributed by atoms with van der Waals surface area (Å²) >= 11 is 0. The van der Waals surface area contributed by atoms with Crippen molar-refractivity contribution >= 4 is 17.5 Å². The highest BCUT2D eigenvalue weighted by Gasteiger charge is 2.19. The standard InChI is InChI=1S/C8H9F2N3O2/c1-15-8(14)3-2-4(6(9)10)13-7(12)5(3)11/h2,6H,11H2,1H3,(H2,12,13). The van der Waals surface area contributed by atoms with Crippen LogP contribution >= 0.6 is 0 Å². The topological polar surface area (TPSA) is 91.2 Å². The number of carbonyl (C=O) groups is 1. The number of pyridine rings is 1. The molecule has 1 aromatic heterocycles. The van der Waals surface area contributed by atoms with E-state index in [1.807, 2.05) is 0 Å². The largest absolute Gasteiger partial charge is 0.465 e. The van der Waals surface area contributed by atoms with E-state index in [1.54, 1.807) is 0 Å². The van der Waals surface area contributed by atoms with Crippen LogP contribution < -0.4 is 11.5 Å². The van der Waals surface area contributed by atoms with E-state index in [9.17, 15) is 13.6 Å². The van der Waals surface area contributed by atoms with Gasteiger partial charge >= 0.3 is 5.97 Å². The summed E-state index contributed by atoms with van der Waals surface area (Å²) in [5, 5.41) is 0. The predicted octanol–water partition coefficient (Wildman–Crippen LogP) is 0.970. The molecule has 0 radical (unpaired) electrons. The first-order valence-electron chi connectivity index (χ1n) is 3.89. The summed E-state index contributed by atoms with van der Waals surface area (Å²) in [7, 11) is 1.11. The lowest BCUT2D eigenvalue weighted by atomic mass is 10.2. The van der Waals surface area contributed by atoms with Crippen molar-refractivity contribution in [1.82, 2.24) is 4.98 Å². The summed E-state index contributed by atoms with van der Waals surface area (Å²) in [6.45, 7) is 0. The van der Waals surface area contributed by atoms with E-state index in [2.05, 4.69) is 9.72 Å². The Morgan fingerprint density at radius 3 is 2.60 bits per heavy atom. The van der Waals surface area contributed by atoms with Crippen molar-refractivity contribution < 1.29 is 18.3 Å². The van der Waals surface area contributed by atoms with E-state index in [4.69, 9.17) is 11.5 Å². The molecular weight excluding hydrogens is 208 g/mol. The van der Waals surface area contributed by atoms with E-state index in [0.717, 1.165) is 13.2 Å². The number of hydrogen-bond donors (Lipinski definition) is 2. The predicted molar refractivity (Wildman–Crippen MR) is 49.4 cm³/mol. The summed E-state index contributed by atoms with van der Waals surface area (Å²) in [6.07, 6.45) is -2.82. The van der Waals surface area contributed by atoms with Crippen molar-refractivity contribution in [1.29, 1.82) is 0 Å². The van der Waals surface area contributed by atoms with Crippen LogP contribution in [0, 0.1) is 0 Å². The normalized spacial score (nSPS) is 10.4. The Bertz CT molecular complexity index is 396. The molecular formula is C8H9F2N3O2. The maximum absolute atomic E-state index is 12.3. The third kappa shape index (κ3) is 2.12. The molecule has 1 heterocycles. The monoisotopic (exact) mass is 217 g/mol. The maximum Gasteiger partial charge on any atom is 0.340 e. The van der Waals surface area contributed by atoms with Crippen LogP contribution in [0.2, 0.25) is 0 Å². The van der Waals surface area contributed by atoms with Crippen molar-refractivity contribution in [3.63, 3.8) is 0 Å². The number of anilines is 2. The fourth-order valence-corrected chi connectivity index (χ4v) is 0.986. The van der Waals surface area contributed by atoms with Crippen LogP contribution in [0.15, 0.2) is 6.07 Å². The number of ether oxygens (including phenoxy) is 1. The molecule has 15 heavy (non-hydrogen) atoms. The van der Waals surface area contributed by atoms with Gasteiger partial charge in [-0.2, -0.15) is 0 Å². The summed E-state index contributed by atoms with van der Waals surface area (Å²) in [5.74, 6) is -1.14. The molecule has 0 unspecified atom stereocenters. The second-order valence-corrected chi connectivity index (χ2v) is 2.69. The van der Waals surface area contributed by atoms with E-state index >= 15 is 0 Å². The van der Waals surface area contributed by atoms with E-state index < -0.39 is 18.1 Å². The molecule has 1 aromatic rings. The Labute approximate surface area is 84.0 Å². The fraction of sp³-hybridized carbons (Fsp3) is 0.250. The lowest BCUT2D eigenvalue weighted by Crippen LogP contribution is -2.11. The van der Waals surface area contributed by atoms with Crippen molar-refractivity contribution in [2.24, 2.45) is 0 Å². The minimum absolute atomic E-state index is 0.161. The number of carbonyl (C=O) groups excluding carboxylic acids is 1. The number of rotatable bonds is 2. The molecule has 82 valence electrons. The van der Waals surface area contributed by atoms with Gasteiger partial charge in [0.25, 0.3) is 6.43 Å². The molecule has 0 aromatic carbocycles. The SMILES string of the molecule is COC(=O)c1cc(C(F)F)nc(N)c1N. The van der Waals surface area contributed by atoms with E-state index in [1.165, 1.54) is 0 Å². The van der Waals surface area contributed by atoms with Gasteiger partial charge in [-0.15, -0.1) is 0 Å². The van der Waals surface area contributed by atoms with Gasteiger partial charge in [-0.3, -0.25) is 0 Å². The van der Waals surface area contributed by atoms with Gasteiger partial charge in [0.05, 0.1) is 18.4 Å². The van der Waals surface area contributed by atoms with Gasteiger partial charge in [0.15, 0.2) is 0 Å². The second-order valence-electron chi connectivity index (χ2n) is 2.69. The average Bonchev–Trinajstić information content (AvgIpc) is 2.20. The van der Waals surface area contributed by atoms with Crippen LogP contribution in [0.4, 0.5) is 20.3 Å². The number of nitrogens with two attached hydrogens (primary N) is 2. The molecule has 0 atom stereocenters. The molecule has 0 saturated carbocycles. The molecule has 5 nitrogen and oxygen atoms in total. The molecule has 0 aliphatic heterocycles. The molecule has 4 N–H and O–H groups in total. The van der Waals surface area contributed by atoms with Crippen molar-refractivity contribution in [3.8, 4) is 0 Å². The molecule has 0 bridgehead atoms. The van der Waals surface area contributed by atoms with Crippen LogP contribution in [-0.4, -0.2) is 18.1 Å². The molecule has 0 fully saturated rings.